The number of phenols is 1. The third-order valence-electron chi connectivity index (χ3n) is 6.68. The first-order chi connectivity index (χ1) is 16.1. The van der Waals surface area contributed by atoms with Crippen molar-refractivity contribution in [2.75, 3.05) is 10.6 Å². The van der Waals surface area contributed by atoms with Crippen LogP contribution in [0.1, 0.15) is 58.8 Å². The van der Waals surface area contributed by atoms with E-state index in [1.807, 2.05) is 13.8 Å². The minimum atomic E-state index is -4.10. The molecule has 186 valence electrons. The minimum absolute atomic E-state index is 0.0285. The summed E-state index contributed by atoms with van der Waals surface area (Å²) in [6, 6.07) is 2.31. The lowest BCUT2D eigenvalue weighted by Crippen LogP contribution is -2.42. The van der Waals surface area contributed by atoms with Crippen LogP contribution in [-0.4, -0.2) is 37.8 Å². The molecule has 4 N–H and O–H groups in total. The van der Waals surface area contributed by atoms with E-state index in [9.17, 15) is 23.1 Å². The number of ether oxygens (including phenoxy) is 1. The van der Waals surface area contributed by atoms with Crippen LogP contribution in [0.5, 0.6) is 5.75 Å². The third kappa shape index (κ3) is 4.82. The van der Waals surface area contributed by atoms with Crippen LogP contribution in [0.3, 0.4) is 0 Å². The van der Waals surface area contributed by atoms with E-state index in [-0.39, 0.29) is 46.4 Å². The largest absolute Gasteiger partial charge is 0.504 e. The molecule has 1 heterocycles. The van der Waals surface area contributed by atoms with Crippen LogP contribution in [0.15, 0.2) is 26.6 Å². The van der Waals surface area contributed by atoms with Crippen LogP contribution in [0.2, 0.25) is 5.02 Å². The molecule has 1 saturated heterocycles. The Balaban J connectivity index is 1.59. The first kappa shape index (κ1) is 25.0. The standard InChI is InChI=1S/C23H30ClN3O6S/c1-3-15(17-11-8-12(2)33-17)25-18-19(22(30)21(18)29)26-16-10-9-14(24)23(20(16)28)34(31,32)27-13-6-4-5-7-13/h9-10,12-13,15,17,25-28H,3-8,11H2,1-2H3/t12-,15?,17-/m1/s1. The summed E-state index contributed by atoms with van der Waals surface area (Å²) in [4.78, 5) is 24.2. The van der Waals surface area contributed by atoms with Gasteiger partial charge >= 0.3 is 0 Å². The lowest BCUT2D eigenvalue weighted by atomic mass is 10.0. The van der Waals surface area contributed by atoms with Gasteiger partial charge in [-0.3, -0.25) is 9.59 Å². The molecule has 11 heteroatoms. The maximum Gasteiger partial charge on any atom is 0.253 e. The van der Waals surface area contributed by atoms with Crippen LogP contribution < -0.4 is 26.2 Å². The molecule has 0 radical (unpaired) electrons. The zero-order chi connectivity index (χ0) is 24.6. The Morgan fingerprint density at radius 2 is 1.79 bits per heavy atom. The van der Waals surface area contributed by atoms with Crippen LogP contribution in [-0.2, 0) is 14.8 Å². The van der Waals surface area contributed by atoms with Crippen molar-refractivity contribution in [1.82, 2.24) is 4.72 Å². The molecule has 9 nitrogen and oxygen atoms in total. The summed E-state index contributed by atoms with van der Waals surface area (Å²) in [5.41, 5.74) is -1.38. The van der Waals surface area contributed by atoms with Gasteiger partial charge in [0.25, 0.3) is 10.9 Å². The number of hydrogen-bond donors (Lipinski definition) is 4. The molecule has 2 aromatic carbocycles. The monoisotopic (exact) mass is 511 g/mol. The molecule has 34 heavy (non-hydrogen) atoms. The smallest absolute Gasteiger partial charge is 0.253 e. The average Bonchev–Trinajstić information content (AvgIpc) is 3.45. The SMILES string of the molecule is CCC(Nc1c(Nc2ccc(Cl)c(S(=O)(=O)NC3CCCC3)c2O)c(=O)c1=O)[C@H]1CC[C@@H](C)O1. The molecule has 0 aromatic heterocycles. The summed E-state index contributed by atoms with van der Waals surface area (Å²) in [5.74, 6) is -0.614. The zero-order valence-corrected chi connectivity index (χ0v) is 20.8. The highest BCUT2D eigenvalue weighted by atomic mass is 35.5. The Labute approximate surface area is 203 Å². The minimum Gasteiger partial charge on any atom is -0.504 e. The Kier molecular flexibility index (Phi) is 7.23. The van der Waals surface area contributed by atoms with E-state index in [2.05, 4.69) is 15.4 Å². The molecular formula is C23H30ClN3O6S. The summed E-state index contributed by atoms with van der Waals surface area (Å²) in [5, 5.41) is 16.5. The summed E-state index contributed by atoms with van der Waals surface area (Å²) < 4.78 is 34.4. The van der Waals surface area contributed by atoms with Gasteiger partial charge in [0.15, 0.2) is 5.75 Å². The number of nitrogens with one attached hydrogen (secondary N) is 3. The van der Waals surface area contributed by atoms with Crippen molar-refractivity contribution >= 4 is 38.7 Å². The molecule has 0 spiro atoms. The lowest BCUT2D eigenvalue weighted by Gasteiger charge is -2.26. The van der Waals surface area contributed by atoms with E-state index in [0.29, 0.717) is 6.42 Å². The van der Waals surface area contributed by atoms with Gasteiger partial charge in [-0.05, 0) is 51.2 Å². The summed E-state index contributed by atoms with van der Waals surface area (Å²) >= 11 is 6.14. The molecule has 1 aliphatic carbocycles. The van der Waals surface area contributed by atoms with E-state index in [1.54, 1.807) is 0 Å². The molecule has 0 amide bonds. The molecular weight excluding hydrogens is 482 g/mol. The van der Waals surface area contributed by atoms with Gasteiger partial charge in [-0.25, -0.2) is 13.1 Å². The molecule has 2 fully saturated rings. The number of hydrogen-bond acceptors (Lipinski definition) is 8. The highest BCUT2D eigenvalue weighted by Crippen LogP contribution is 2.39. The summed E-state index contributed by atoms with van der Waals surface area (Å²) in [6.07, 6.45) is 5.79. The molecule has 2 aromatic rings. The van der Waals surface area contributed by atoms with Gasteiger partial charge in [0, 0.05) is 6.04 Å². The number of anilines is 3. The number of benzene rings is 1. The van der Waals surface area contributed by atoms with Crippen LogP contribution >= 0.6 is 11.6 Å². The van der Waals surface area contributed by atoms with Crippen molar-refractivity contribution < 1.29 is 18.3 Å². The topological polar surface area (TPSA) is 134 Å². The number of aromatic hydroxyl groups is 1. The zero-order valence-electron chi connectivity index (χ0n) is 19.2. The van der Waals surface area contributed by atoms with Crippen LogP contribution in [0.25, 0.3) is 0 Å². The predicted molar refractivity (Wildman–Crippen MR) is 132 cm³/mol. The molecule has 1 aliphatic heterocycles. The molecule has 1 unspecified atom stereocenters. The maximum atomic E-state index is 12.9. The van der Waals surface area contributed by atoms with Crippen molar-refractivity contribution in [3.63, 3.8) is 0 Å². The average molecular weight is 512 g/mol. The third-order valence-corrected chi connectivity index (χ3v) is 8.70. The molecule has 1 saturated carbocycles. The second-order valence-corrected chi connectivity index (χ2v) is 11.2. The lowest BCUT2D eigenvalue weighted by molar-refractivity contribution is 0.0438. The second kappa shape index (κ2) is 9.85. The van der Waals surface area contributed by atoms with E-state index in [1.165, 1.54) is 12.1 Å². The number of halogens is 1. The Morgan fingerprint density at radius 3 is 2.41 bits per heavy atom. The summed E-state index contributed by atoms with van der Waals surface area (Å²) in [7, 11) is -4.10. The fourth-order valence-electron chi connectivity index (χ4n) is 4.78. The number of rotatable bonds is 9. The van der Waals surface area contributed by atoms with E-state index in [0.717, 1.165) is 38.5 Å². The predicted octanol–water partition coefficient (Wildman–Crippen LogP) is 3.36. The van der Waals surface area contributed by atoms with E-state index >= 15 is 0 Å². The van der Waals surface area contributed by atoms with Crippen LogP contribution in [0.4, 0.5) is 17.1 Å². The highest BCUT2D eigenvalue weighted by Gasteiger charge is 2.33. The van der Waals surface area contributed by atoms with Gasteiger partial charge in [0.1, 0.15) is 16.3 Å². The number of sulfonamides is 1. The van der Waals surface area contributed by atoms with Crippen molar-refractivity contribution in [2.24, 2.45) is 0 Å². The van der Waals surface area contributed by atoms with Crippen molar-refractivity contribution in [3.05, 3.63) is 37.6 Å². The Bertz CT molecular complexity index is 1230. The first-order valence-electron chi connectivity index (χ1n) is 11.7. The van der Waals surface area contributed by atoms with Gasteiger partial charge < -0.3 is 20.5 Å². The highest BCUT2D eigenvalue weighted by molar-refractivity contribution is 7.89. The fourth-order valence-corrected chi connectivity index (χ4v) is 6.72. The molecule has 2 aliphatic rings. The Morgan fingerprint density at radius 1 is 1.12 bits per heavy atom. The van der Waals surface area contributed by atoms with Crippen LogP contribution in [0, 0.1) is 0 Å². The van der Waals surface area contributed by atoms with Gasteiger partial charge in [0.05, 0.1) is 29.0 Å². The van der Waals surface area contributed by atoms with E-state index in [4.69, 9.17) is 16.3 Å². The Hall–Kier alpha value is -2.14. The van der Waals surface area contributed by atoms with Gasteiger partial charge in [-0.1, -0.05) is 31.4 Å². The second-order valence-electron chi connectivity index (χ2n) is 9.13. The first-order valence-corrected chi connectivity index (χ1v) is 13.5. The van der Waals surface area contributed by atoms with Gasteiger partial charge in [-0.2, -0.15) is 0 Å². The maximum absolute atomic E-state index is 12.9. The van der Waals surface area contributed by atoms with Crippen molar-refractivity contribution in [1.29, 1.82) is 0 Å². The normalized spacial score (nSPS) is 22.3. The summed E-state index contributed by atoms with van der Waals surface area (Å²) in [6.45, 7) is 3.95. The van der Waals surface area contributed by atoms with E-state index < -0.39 is 31.5 Å². The fraction of sp³-hybridized carbons (Fsp3) is 0.565. The molecule has 0 bridgehead atoms. The van der Waals surface area contributed by atoms with Gasteiger partial charge in [-0.15, -0.1) is 0 Å². The van der Waals surface area contributed by atoms with Crippen molar-refractivity contribution in [2.45, 2.75) is 88.0 Å². The van der Waals surface area contributed by atoms with Gasteiger partial charge in [0.2, 0.25) is 10.0 Å². The number of phenolic OH excluding ortho intramolecular Hbond substituents is 1. The van der Waals surface area contributed by atoms with Crippen molar-refractivity contribution in [3.8, 4) is 5.75 Å². The quantitative estimate of drug-likeness (QED) is 0.297. The molecule has 3 atom stereocenters. The molecule has 4 rings (SSSR count).